The van der Waals surface area contributed by atoms with Gasteiger partial charge in [-0.1, -0.05) is 16.9 Å². The number of rotatable bonds is 13. The van der Waals surface area contributed by atoms with Gasteiger partial charge in [-0.2, -0.15) is 8.42 Å². The topological polar surface area (TPSA) is 261 Å². The number of pyridine rings is 1. The maximum absolute atomic E-state index is 12.0. The van der Waals surface area contributed by atoms with Gasteiger partial charge in [0.25, 0.3) is 21.9 Å². The Kier molecular flexibility index (Phi) is 11.2. The Morgan fingerprint density at radius 3 is 2.38 bits per heavy atom. The second-order valence-electron chi connectivity index (χ2n) is 7.40. The van der Waals surface area contributed by atoms with Crippen molar-refractivity contribution in [3.8, 4) is 0 Å². The molecule has 1 aromatic heterocycles. The third-order valence-electron chi connectivity index (χ3n) is 4.69. The van der Waals surface area contributed by atoms with E-state index >= 15 is 0 Å². The predicted molar refractivity (Wildman–Crippen MR) is 123 cm³/mol. The third kappa shape index (κ3) is 8.58. The highest BCUT2D eigenvalue weighted by atomic mass is 33.1. The number of amides is 3. The fourth-order valence-electron chi connectivity index (χ4n) is 2.73. The Labute approximate surface area is 217 Å². The number of hydroxylamine groups is 2. The molecule has 6 atom stereocenters. The van der Waals surface area contributed by atoms with E-state index in [1.807, 2.05) is 5.32 Å². The van der Waals surface area contributed by atoms with E-state index in [2.05, 4.69) is 9.82 Å². The van der Waals surface area contributed by atoms with Gasteiger partial charge in [0.15, 0.2) is 17.6 Å². The van der Waals surface area contributed by atoms with Crippen molar-refractivity contribution in [2.24, 2.45) is 0 Å². The van der Waals surface area contributed by atoms with Gasteiger partial charge in [0.1, 0.15) is 23.3 Å². The molecule has 1 aliphatic rings. The molecule has 2 heterocycles. The highest BCUT2D eigenvalue weighted by Gasteiger charge is 2.49. The van der Waals surface area contributed by atoms with E-state index in [1.54, 1.807) is 24.4 Å². The van der Waals surface area contributed by atoms with Gasteiger partial charge in [-0.3, -0.25) is 18.9 Å². The zero-order valence-corrected chi connectivity index (χ0v) is 21.0. The molecule has 1 aliphatic heterocycles. The van der Waals surface area contributed by atoms with Crippen LogP contribution in [-0.4, -0.2) is 114 Å². The molecule has 19 heteroatoms. The van der Waals surface area contributed by atoms with Crippen molar-refractivity contribution >= 4 is 55.4 Å². The van der Waals surface area contributed by atoms with Crippen LogP contribution in [-0.2, 0) is 34.1 Å². The fourth-order valence-corrected chi connectivity index (χ4v) is 5.30. The summed E-state index contributed by atoms with van der Waals surface area (Å²) in [5, 5.41) is 49.8. The van der Waals surface area contributed by atoms with Gasteiger partial charge in [0, 0.05) is 18.4 Å². The molecule has 6 unspecified atom stereocenters. The van der Waals surface area contributed by atoms with Crippen LogP contribution < -0.4 is 5.32 Å². The van der Waals surface area contributed by atoms with Crippen LogP contribution in [0.15, 0.2) is 29.4 Å². The van der Waals surface area contributed by atoms with Crippen molar-refractivity contribution in [2.45, 2.75) is 53.8 Å². The number of aliphatic hydroxyl groups excluding tert-OH is 5. The van der Waals surface area contributed by atoms with Crippen molar-refractivity contribution in [3.05, 3.63) is 24.4 Å². The fraction of sp³-hybridized carbons (Fsp3) is 0.500. The maximum atomic E-state index is 12.0. The largest absolute Gasteiger partial charge is 0.387 e. The second kappa shape index (κ2) is 13.4. The lowest BCUT2D eigenvalue weighted by molar-refractivity contribution is -0.211. The van der Waals surface area contributed by atoms with Crippen LogP contribution in [0, 0.1) is 0 Å². The average Bonchev–Trinajstić information content (AvgIpc) is 3.14. The van der Waals surface area contributed by atoms with Gasteiger partial charge in [-0.05, 0) is 22.9 Å². The van der Waals surface area contributed by atoms with Crippen LogP contribution in [0.4, 0.5) is 0 Å². The number of imide groups is 1. The van der Waals surface area contributed by atoms with E-state index in [0.29, 0.717) is 5.03 Å². The van der Waals surface area contributed by atoms with Crippen LogP contribution in [0.25, 0.3) is 0 Å². The average molecular weight is 586 g/mol. The molecule has 0 aliphatic carbocycles. The number of hydrogen-bond acceptors (Lipinski definition) is 15. The number of hydrogen-bond donors (Lipinski definition) is 7. The SMILES string of the molecule is O=C(CCSSc1ccccn1)NC(O)C(O)C(O)C(O)C(O)C(=O)ON1C(=O)CC(S(=O)(=O)O)C1=O. The van der Waals surface area contributed by atoms with Gasteiger partial charge in [-0.25, -0.2) is 9.78 Å². The van der Waals surface area contributed by atoms with E-state index in [0.717, 1.165) is 0 Å². The van der Waals surface area contributed by atoms with E-state index in [-0.39, 0.29) is 17.2 Å². The van der Waals surface area contributed by atoms with E-state index in [4.69, 9.17) is 4.55 Å². The smallest absolute Gasteiger partial charge is 0.364 e. The summed E-state index contributed by atoms with van der Waals surface area (Å²) < 4.78 is 31.1. The van der Waals surface area contributed by atoms with Gasteiger partial charge in [0.05, 0.1) is 6.42 Å². The molecule has 1 aromatic rings. The lowest BCUT2D eigenvalue weighted by Crippen LogP contribution is -2.56. The monoisotopic (exact) mass is 585 g/mol. The highest BCUT2D eigenvalue weighted by Crippen LogP contribution is 2.29. The number of aliphatic hydroxyl groups is 5. The molecule has 1 saturated heterocycles. The summed E-state index contributed by atoms with van der Waals surface area (Å²) in [7, 11) is -2.43. The first-order chi connectivity index (χ1) is 17.2. The Balaban J connectivity index is 1.83. The van der Waals surface area contributed by atoms with E-state index in [9.17, 15) is 53.1 Å². The standard InChI is InChI=1S/C18H23N3O13S3/c22-9(4-6-35-36-10-3-1-2-5-19-10)20-16(28)14(26)12(24)13(25)15(27)18(30)34-21-11(23)7-8(17(21)29)37(31,32)33/h1-3,5,8,12-16,24-28H,4,6-7H2,(H,20,22)(H,31,32,33). The summed E-state index contributed by atoms with van der Waals surface area (Å²) in [5.41, 5.74) is 0. The summed E-state index contributed by atoms with van der Waals surface area (Å²) in [6.45, 7) is 0. The van der Waals surface area contributed by atoms with Crippen LogP contribution in [0.3, 0.4) is 0 Å². The molecular weight excluding hydrogens is 562 g/mol. The first-order valence-corrected chi connectivity index (χ1v) is 14.0. The molecule has 0 bridgehead atoms. The zero-order chi connectivity index (χ0) is 27.9. The molecule has 206 valence electrons. The molecule has 0 radical (unpaired) electrons. The highest BCUT2D eigenvalue weighted by molar-refractivity contribution is 8.76. The van der Waals surface area contributed by atoms with Gasteiger partial charge < -0.3 is 35.7 Å². The summed E-state index contributed by atoms with van der Waals surface area (Å²) in [4.78, 5) is 55.8. The van der Waals surface area contributed by atoms with Gasteiger partial charge in [-0.15, -0.1) is 5.06 Å². The van der Waals surface area contributed by atoms with Crippen LogP contribution >= 0.6 is 21.6 Å². The van der Waals surface area contributed by atoms with Crippen molar-refractivity contribution in [1.82, 2.24) is 15.4 Å². The number of nitrogens with zero attached hydrogens (tertiary/aromatic N) is 2. The second-order valence-corrected chi connectivity index (χ2v) is 11.4. The van der Waals surface area contributed by atoms with Crippen molar-refractivity contribution < 1.29 is 62.5 Å². The molecule has 2 rings (SSSR count). The molecule has 3 amide bonds. The molecule has 16 nitrogen and oxygen atoms in total. The minimum Gasteiger partial charge on any atom is -0.387 e. The Morgan fingerprint density at radius 1 is 1.14 bits per heavy atom. The minimum absolute atomic E-state index is 0.121. The molecule has 0 saturated carbocycles. The normalized spacial score (nSPS) is 20.2. The van der Waals surface area contributed by atoms with Crippen LogP contribution in [0.2, 0.25) is 0 Å². The minimum atomic E-state index is -5.01. The first-order valence-electron chi connectivity index (χ1n) is 10.2. The first kappa shape index (κ1) is 30.9. The molecule has 1 fully saturated rings. The van der Waals surface area contributed by atoms with Crippen molar-refractivity contribution in [3.63, 3.8) is 0 Å². The van der Waals surface area contributed by atoms with Crippen LogP contribution in [0.5, 0.6) is 0 Å². The summed E-state index contributed by atoms with van der Waals surface area (Å²) >= 11 is 0. The zero-order valence-electron chi connectivity index (χ0n) is 18.6. The van der Waals surface area contributed by atoms with Gasteiger partial charge >= 0.3 is 5.97 Å². The third-order valence-corrected chi connectivity index (χ3v) is 8.05. The number of nitrogens with one attached hydrogen (secondary N) is 1. The number of carbonyl (C=O) groups is 4. The van der Waals surface area contributed by atoms with E-state index in [1.165, 1.54) is 21.6 Å². The molecule has 37 heavy (non-hydrogen) atoms. The Hall–Kier alpha value is -2.36. The van der Waals surface area contributed by atoms with Gasteiger partial charge in [0.2, 0.25) is 5.91 Å². The van der Waals surface area contributed by atoms with Crippen LogP contribution in [0.1, 0.15) is 12.8 Å². The lowest BCUT2D eigenvalue weighted by atomic mass is 10.0. The number of aromatic nitrogens is 1. The maximum Gasteiger partial charge on any atom is 0.364 e. The van der Waals surface area contributed by atoms with E-state index < -0.39 is 76.1 Å². The number of carbonyl (C=O) groups excluding carboxylic acids is 4. The lowest BCUT2D eigenvalue weighted by Gasteiger charge is -2.28. The molecule has 0 spiro atoms. The summed E-state index contributed by atoms with van der Waals surface area (Å²) in [5.74, 6) is -5.40. The van der Waals surface area contributed by atoms with Crippen molar-refractivity contribution in [1.29, 1.82) is 0 Å². The molecule has 7 N–H and O–H groups in total. The Morgan fingerprint density at radius 2 is 1.81 bits per heavy atom. The molecule has 0 aromatic carbocycles. The predicted octanol–water partition coefficient (Wildman–Crippen LogP) is -3.44. The molecular formula is C18H23N3O13S3. The Bertz CT molecular complexity index is 1090. The quantitative estimate of drug-likeness (QED) is 0.0390. The summed E-state index contributed by atoms with van der Waals surface area (Å²) in [6, 6.07) is 5.27. The van der Waals surface area contributed by atoms with Crippen molar-refractivity contribution in [2.75, 3.05) is 5.75 Å². The summed E-state index contributed by atoms with van der Waals surface area (Å²) in [6.07, 6.45) is -11.8.